The fourth-order valence-corrected chi connectivity index (χ4v) is 5.45. The zero-order valence-corrected chi connectivity index (χ0v) is 20.6. The van der Waals surface area contributed by atoms with Crippen LogP contribution >= 0.6 is 0 Å². The number of fused-ring (bicyclic) bond motifs is 3. The van der Waals surface area contributed by atoms with Crippen LogP contribution in [0.15, 0.2) is 48.5 Å². The molecule has 1 atom stereocenters. The fourth-order valence-electron chi connectivity index (χ4n) is 5.45. The van der Waals surface area contributed by atoms with Gasteiger partial charge in [0, 0.05) is 5.92 Å². The average molecular weight is 479 g/mol. The van der Waals surface area contributed by atoms with Gasteiger partial charge >= 0.3 is 12.1 Å². The van der Waals surface area contributed by atoms with Gasteiger partial charge in [-0.15, -0.1) is 0 Å². The molecule has 2 aromatic rings. The second-order valence-electron chi connectivity index (χ2n) is 10.8. The van der Waals surface area contributed by atoms with Crippen molar-refractivity contribution in [1.29, 1.82) is 0 Å². The quantitative estimate of drug-likeness (QED) is 0.528. The topological polar surface area (TPSA) is 105 Å². The fraction of sp³-hybridized carbons (Fsp3) is 0.464. The Hall–Kier alpha value is -3.35. The van der Waals surface area contributed by atoms with Crippen LogP contribution in [0.5, 0.6) is 0 Å². The second kappa shape index (κ2) is 9.72. The molecule has 7 nitrogen and oxygen atoms in total. The summed E-state index contributed by atoms with van der Waals surface area (Å²) in [6.45, 7) is 5.74. The number of carboxylic acid groups (broad SMARTS) is 1. The number of aliphatic carboxylic acids is 1. The molecule has 2 aromatic carbocycles. The zero-order valence-electron chi connectivity index (χ0n) is 20.6. The molecule has 2 aliphatic rings. The molecule has 0 saturated heterocycles. The molecule has 4 rings (SSSR count). The molecule has 1 fully saturated rings. The van der Waals surface area contributed by atoms with Crippen molar-refractivity contribution < 1.29 is 24.2 Å². The van der Waals surface area contributed by atoms with Crippen molar-refractivity contribution in [2.45, 2.75) is 70.4 Å². The summed E-state index contributed by atoms with van der Waals surface area (Å²) in [5, 5.41) is 15.1. The van der Waals surface area contributed by atoms with Gasteiger partial charge in [0.2, 0.25) is 5.91 Å². The van der Waals surface area contributed by atoms with E-state index in [-0.39, 0.29) is 24.9 Å². The Bertz CT molecular complexity index is 1070. The Labute approximate surface area is 206 Å². The average Bonchev–Trinajstić information content (AvgIpc) is 3.37. The summed E-state index contributed by atoms with van der Waals surface area (Å²) in [7, 11) is 0. The number of hydrogen-bond donors (Lipinski definition) is 3. The first kappa shape index (κ1) is 24.8. The largest absolute Gasteiger partial charge is 0.481 e. The minimum absolute atomic E-state index is 0.0765. The van der Waals surface area contributed by atoms with E-state index in [0.717, 1.165) is 35.1 Å². The molecule has 0 unspecified atom stereocenters. The zero-order chi connectivity index (χ0) is 25.2. The van der Waals surface area contributed by atoms with Gasteiger partial charge in [0.15, 0.2) is 0 Å². The van der Waals surface area contributed by atoms with Crippen molar-refractivity contribution in [3.63, 3.8) is 0 Å². The number of ether oxygens (including phenoxy) is 1. The van der Waals surface area contributed by atoms with Gasteiger partial charge in [-0.05, 0) is 40.5 Å². The van der Waals surface area contributed by atoms with Gasteiger partial charge in [-0.3, -0.25) is 9.59 Å². The van der Waals surface area contributed by atoms with Crippen LogP contribution in [0.1, 0.15) is 69.9 Å². The highest BCUT2D eigenvalue weighted by Crippen LogP contribution is 2.44. The van der Waals surface area contributed by atoms with Crippen LogP contribution in [0.4, 0.5) is 4.79 Å². The maximum absolute atomic E-state index is 13.3. The van der Waals surface area contributed by atoms with Crippen molar-refractivity contribution in [3.8, 4) is 11.1 Å². The Morgan fingerprint density at radius 2 is 1.54 bits per heavy atom. The molecular formula is C28H34N2O5. The maximum Gasteiger partial charge on any atom is 0.407 e. The third kappa shape index (κ3) is 5.34. The van der Waals surface area contributed by atoms with Crippen molar-refractivity contribution >= 4 is 18.0 Å². The Morgan fingerprint density at radius 1 is 1.00 bits per heavy atom. The van der Waals surface area contributed by atoms with Gasteiger partial charge in [-0.2, -0.15) is 0 Å². The highest BCUT2D eigenvalue weighted by molar-refractivity contribution is 5.87. The number of hydrogen-bond acceptors (Lipinski definition) is 4. The number of carbonyl (C=O) groups excluding carboxylic acids is 2. The monoisotopic (exact) mass is 478 g/mol. The molecule has 0 aromatic heterocycles. The van der Waals surface area contributed by atoms with E-state index in [1.54, 1.807) is 0 Å². The summed E-state index contributed by atoms with van der Waals surface area (Å²) >= 11 is 0. The molecule has 2 amide bonds. The number of nitrogens with one attached hydrogen (secondary N) is 2. The molecule has 0 spiro atoms. The highest BCUT2D eigenvalue weighted by atomic mass is 16.5. The van der Waals surface area contributed by atoms with Crippen LogP contribution in [0, 0.1) is 5.41 Å². The van der Waals surface area contributed by atoms with Crippen LogP contribution in [0.25, 0.3) is 11.1 Å². The van der Waals surface area contributed by atoms with Crippen LogP contribution < -0.4 is 10.6 Å². The van der Waals surface area contributed by atoms with Crippen molar-refractivity contribution in [2.24, 2.45) is 5.41 Å². The van der Waals surface area contributed by atoms with Crippen molar-refractivity contribution in [1.82, 2.24) is 10.6 Å². The lowest BCUT2D eigenvalue weighted by molar-refractivity contribution is -0.139. The number of amides is 2. The van der Waals surface area contributed by atoms with E-state index < -0.39 is 29.1 Å². The molecule has 7 heteroatoms. The minimum atomic E-state index is -0.941. The van der Waals surface area contributed by atoms with Gasteiger partial charge in [-0.25, -0.2) is 4.79 Å². The van der Waals surface area contributed by atoms with Gasteiger partial charge in [-0.1, -0.05) is 82.1 Å². The Morgan fingerprint density at radius 3 is 2.06 bits per heavy atom. The third-order valence-corrected chi connectivity index (χ3v) is 7.17. The summed E-state index contributed by atoms with van der Waals surface area (Å²) in [5.41, 5.74) is 3.15. The highest BCUT2D eigenvalue weighted by Gasteiger charge is 2.42. The first-order valence-corrected chi connectivity index (χ1v) is 12.2. The number of rotatable bonds is 7. The lowest BCUT2D eigenvalue weighted by atomic mass is 9.84. The van der Waals surface area contributed by atoms with E-state index in [2.05, 4.69) is 34.9 Å². The van der Waals surface area contributed by atoms with E-state index in [0.29, 0.717) is 12.8 Å². The molecule has 0 heterocycles. The molecule has 0 bridgehead atoms. The minimum Gasteiger partial charge on any atom is -0.481 e. The van der Waals surface area contributed by atoms with E-state index in [1.807, 2.05) is 45.0 Å². The van der Waals surface area contributed by atoms with E-state index in [1.165, 1.54) is 0 Å². The van der Waals surface area contributed by atoms with E-state index in [4.69, 9.17) is 4.74 Å². The smallest absolute Gasteiger partial charge is 0.407 e. The van der Waals surface area contributed by atoms with Gasteiger partial charge in [0.1, 0.15) is 12.6 Å². The summed E-state index contributed by atoms with van der Waals surface area (Å²) < 4.78 is 5.65. The molecular weight excluding hydrogens is 444 g/mol. The van der Waals surface area contributed by atoms with Crippen LogP contribution in [0.2, 0.25) is 0 Å². The maximum atomic E-state index is 13.3. The molecule has 1 saturated carbocycles. The molecule has 186 valence electrons. The first-order chi connectivity index (χ1) is 16.6. The molecule has 0 aliphatic heterocycles. The van der Waals surface area contributed by atoms with Crippen LogP contribution in [-0.2, 0) is 14.3 Å². The molecule has 3 N–H and O–H groups in total. The Balaban J connectivity index is 1.44. The van der Waals surface area contributed by atoms with Crippen LogP contribution in [-0.4, -0.2) is 41.3 Å². The van der Waals surface area contributed by atoms with Crippen molar-refractivity contribution in [3.05, 3.63) is 59.7 Å². The lowest BCUT2D eigenvalue weighted by Crippen LogP contribution is -2.59. The second-order valence-corrected chi connectivity index (χ2v) is 10.8. The standard InChI is InChI=1S/C28H34N2O5/c1-27(2,3)24(25(33)30-28(16-23(31)32)14-8-9-15-28)29-26(34)35-17-22-20-12-6-4-10-18(20)19-11-5-7-13-21(19)22/h4-7,10-13,22,24H,8-9,14-17H2,1-3H3,(H,29,34)(H,30,33)(H,31,32)/t24-/m1/s1. The summed E-state index contributed by atoms with van der Waals surface area (Å²) in [6.07, 6.45) is 2.18. The van der Waals surface area contributed by atoms with Crippen LogP contribution in [0.3, 0.4) is 0 Å². The van der Waals surface area contributed by atoms with Crippen molar-refractivity contribution in [2.75, 3.05) is 6.61 Å². The number of alkyl carbamates (subject to hydrolysis) is 1. The SMILES string of the molecule is CC(C)(C)[C@H](NC(=O)OCC1c2ccccc2-c2ccccc21)C(=O)NC1(CC(=O)O)CCCC1. The lowest BCUT2D eigenvalue weighted by Gasteiger charge is -2.35. The van der Waals surface area contributed by atoms with Gasteiger partial charge in [0.25, 0.3) is 0 Å². The number of carboxylic acids is 1. The predicted octanol–water partition coefficient (Wildman–Crippen LogP) is 4.84. The Kier molecular flexibility index (Phi) is 6.88. The molecule has 2 aliphatic carbocycles. The molecule has 35 heavy (non-hydrogen) atoms. The third-order valence-electron chi connectivity index (χ3n) is 7.17. The summed E-state index contributed by atoms with van der Waals surface area (Å²) in [4.78, 5) is 37.6. The summed E-state index contributed by atoms with van der Waals surface area (Å²) in [5.74, 6) is -1.40. The van der Waals surface area contributed by atoms with E-state index in [9.17, 15) is 19.5 Å². The summed E-state index contributed by atoms with van der Waals surface area (Å²) in [6, 6.07) is 15.3. The van der Waals surface area contributed by atoms with Gasteiger partial charge in [0.05, 0.1) is 12.0 Å². The molecule has 0 radical (unpaired) electrons. The number of carbonyl (C=O) groups is 3. The van der Waals surface area contributed by atoms with E-state index >= 15 is 0 Å². The normalized spacial score (nSPS) is 17.2. The predicted molar refractivity (Wildman–Crippen MR) is 133 cm³/mol. The number of benzene rings is 2. The van der Waals surface area contributed by atoms with Gasteiger partial charge < -0.3 is 20.5 Å². The first-order valence-electron chi connectivity index (χ1n) is 12.2.